The van der Waals surface area contributed by atoms with Gasteiger partial charge in [-0.15, -0.1) is 39.1 Å². The monoisotopic (exact) mass is 408 g/mol. The molecule has 27 heavy (non-hydrogen) atoms. The molecule has 0 aliphatic rings. The van der Waals surface area contributed by atoms with Gasteiger partial charge < -0.3 is 0 Å². The second-order valence-corrected chi connectivity index (χ2v) is 7.88. The number of thiophene rings is 3. The van der Waals surface area contributed by atoms with Gasteiger partial charge in [-0.2, -0.15) is 15.3 Å². The molecule has 0 bridgehead atoms. The summed E-state index contributed by atoms with van der Waals surface area (Å²) < 4.78 is 1.20. The predicted molar refractivity (Wildman–Crippen MR) is 112 cm³/mol. The molecule has 0 atom stereocenters. The van der Waals surface area contributed by atoms with Crippen molar-refractivity contribution >= 4 is 64.5 Å². The van der Waals surface area contributed by atoms with Crippen LogP contribution in [0.15, 0.2) is 71.5 Å². The molecule has 6 aromatic rings. The fraction of sp³-hybridized carbons (Fsp3) is 0. The van der Waals surface area contributed by atoms with Crippen molar-refractivity contribution in [3.63, 3.8) is 0 Å². The standard InChI is InChI=1S/3C6H4N2S/c1-3-7-8-6-5(1)2-4-9-6;1-2-9-6-5(1)3-7-4-8-6;1-2-9-6-4-8-7-3-5(1)6/h3*1-4H. The molecule has 0 N–H and O–H groups in total. The highest BCUT2D eigenvalue weighted by molar-refractivity contribution is 7.17. The van der Waals surface area contributed by atoms with Crippen molar-refractivity contribution in [2.24, 2.45) is 0 Å². The van der Waals surface area contributed by atoms with Crippen molar-refractivity contribution in [1.29, 1.82) is 0 Å². The van der Waals surface area contributed by atoms with Gasteiger partial charge in [-0.05, 0) is 40.4 Å². The Balaban J connectivity index is 0.0000001000. The molecule has 6 aromatic heterocycles. The molecular weight excluding hydrogens is 396 g/mol. The summed E-state index contributed by atoms with van der Waals surface area (Å²) in [6, 6.07) is 8.04. The highest BCUT2D eigenvalue weighted by atomic mass is 32.1. The Hall–Kier alpha value is -2.88. The highest BCUT2D eigenvalue weighted by Gasteiger charge is 1.92. The predicted octanol–water partition coefficient (Wildman–Crippen LogP) is 5.07. The van der Waals surface area contributed by atoms with Gasteiger partial charge in [-0.3, -0.25) is 0 Å². The molecule has 6 rings (SSSR count). The minimum atomic E-state index is 1.01. The highest BCUT2D eigenvalue weighted by Crippen LogP contribution is 2.17. The molecule has 0 amide bonds. The van der Waals surface area contributed by atoms with Gasteiger partial charge in [-0.25, -0.2) is 9.97 Å². The minimum Gasteiger partial charge on any atom is -0.244 e. The first kappa shape index (κ1) is 17.5. The van der Waals surface area contributed by atoms with E-state index in [-0.39, 0.29) is 0 Å². The van der Waals surface area contributed by atoms with Gasteiger partial charge in [0.15, 0.2) is 0 Å². The van der Waals surface area contributed by atoms with Crippen molar-refractivity contribution in [2.75, 3.05) is 0 Å². The summed E-state index contributed by atoms with van der Waals surface area (Å²) in [7, 11) is 0. The maximum atomic E-state index is 4.05. The van der Waals surface area contributed by atoms with Crippen molar-refractivity contribution in [3.8, 4) is 0 Å². The Morgan fingerprint density at radius 3 is 2.26 bits per heavy atom. The molecular formula is C18H12N6S3. The van der Waals surface area contributed by atoms with Gasteiger partial charge in [0, 0.05) is 22.4 Å². The molecule has 0 aliphatic heterocycles. The van der Waals surface area contributed by atoms with E-state index in [0.717, 1.165) is 15.0 Å². The molecule has 0 aliphatic carbocycles. The third kappa shape index (κ3) is 4.45. The molecule has 0 radical (unpaired) electrons. The molecule has 0 unspecified atom stereocenters. The van der Waals surface area contributed by atoms with E-state index in [2.05, 4.69) is 30.4 Å². The SMILES string of the molecule is c1cc2ccsc2nn1.c1cc2cnncc2s1.c1ncc2ccsc2n1. The largest absolute Gasteiger partial charge is 0.244 e. The lowest BCUT2D eigenvalue weighted by Crippen LogP contribution is -1.73. The van der Waals surface area contributed by atoms with E-state index in [1.165, 1.54) is 15.5 Å². The number of hydrogen-bond acceptors (Lipinski definition) is 9. The summed E-state index contributed by atoms with van der Waals surface area (Å²) >= 11 is 4.93. The molecule has 132 valence electrons. The Labute approximate surface area is 166 Å². The smallest absolute Gasteiger partial charge is 0.146 e. The zero-order valence-corrected chi connectivity index (χ0v) is 16.3. The van der Waals surface area contributed by atoms with Crippen LogP contribution in [-0.4, -0.2) is 30.4 Å². The van der Waals surface area contributed by atoms with Crippen LogP contribution in [0.2, 0.25) is 0 Å². The van der Waals surface area contributed by atoms with E-state index in [1.807, 2.05) is 46.6 Å². The molecule has 6 heterocycles. The van der Waals surface area contributed by atoms with Crippen molar-refractivity contribution in [1.82, 2.24) is 30.4 Å². The fourth-order valence-corrected chi connectivity index (χ4v) is 4.30. The molecule has 0 aromatic carbocycles. The van der Waals surface area contributed by atoms with Gasteiger partial charge in [0.1, 0.15) is 16.0 Å². The second kappa shape index (κ2) is 8.67. The Kier molecular flexibility index (Phi) is 5.63. The van der Waals surface area contributed by atoms with Crippen LogP contribution in [0.1, 0.15) is 0 Å². The van der Waals surface area contributed by atoms with Gasteiger partial charge >= 0.3 is 0 Å². The molecule has 0 saturated carbocycles. The van der Waals surface area contributed by atoms with Crippen LogP contribution in [-0.2, 0) is 0 Å². The first-order chi connectivity index (χ1) is 13.4. The zero-order valence-electron chi connectivity index (χ0n) is 13.8. The summed E-state index contributed by atoms with van der Waals surface area (Å²) in [5.41, 5.74) is 0. The summed E-state index contributed by atoms with van der Waals surface area (Å²) in [4.78, 5) is 10.0. The summed E-state index contributed by atoms with van der Waals surface area (Å²) in [5.74, 6) is 0. The van der Waals surface area contributed by atoms with Crippen LogP contribution in [0.5, 0.6) is 0 Å². The zero-order chi connectivity index (χ0) is 18.3. The van der Waals surface area contributed by atoms with E-state index in [9.17, 15) is 0 Å². The lowest BCUT2D eigenvalue weighted by atomic mass is 10.4. The number of rotatable bonds is 0. The molecule has 9 heteroatoms. The molecule has 6 nitrogen and oxygen atoms in total. The second-order valence-electron chi connectivity index (χ2n) is 5.15. The van der Waals surface area contributed by atoms with E-state index in [1.54, 1.807) is 58.9 Å². The van der Waals surface area contributed by atoms with E-state index < -0.39 is 0 Å². The van der Waals surface area contributed by atoms with Crippen molar-refractivity contribution in [3.05, 3.63) is 71.5 Å². The van der Waals surface area contributed by atoms with E-state index in [4.69, 9.17) is 0 Å². The van der Waals surface area contributed by atoms with Crippen molar-refractivity contribution < 1.29 is 0 Å². The fourth-order valence-electron chi connectivity index (χ4n) is 2.16. The molecule has 0 fully saturated rings. The molecule has 0 spiro atoms. The van der Waals surface area contributed by atoms with Crippen LogP contribution >= 0.6 is 34.0 Å². The third-order valence-corrected chi connectivity index (χ3v) is 5.96. The van der Waals surface area contributed by atoms with Gasteiger partial charge in [0.05, 0.1) is 23.3 Å². The number of aromatic nitrogens is 6. The molecule has 0 saturated heterocycles. The maximum Gasteiger partial charge on any atom is 0.146 e. The quantitative estimate of drug-likeness (QED) is 0.349. The minimum absolute atomic E-state index is 1.01. The van der Waals surface area contributed by atoms with Crippen LogP contribution in [0.3, 0.4) is 0 Å². The van der Waals surface area contributed by atoms with Crippen LogP contribution < -0.4 is 0 Å². The summed E-state index contributed by atoms with van der Waals surface area (Å²) in [5, 5.41) is 24.7. The Morgan fingerprint density at radius 2 is 1.41 bits per heavy atom. The van der Waals surface area contributed by atoms with Crippen LogP contribution in [0.25, 0.3) is 30.5 Å². The average molecular weight is 409 g/mol. The third-order valence-electron chi connectivity index (χ3n) is 3.44. The van der Waals surface area contributed by atoms with Crippen LogP contribution in [0, 0.1) is 0 Å². The lowest BCUT2D eigenvalue weighted by molar-refractivity contribution is 1.05. The number of hydrogen-bond donors (Lipinski definition) is 0. The number of fused-ring (bicyclic) bond motifs is 3. The number of nitrogens with zero attached hydrogens (tertiary/aromatic N) is 6. The van der Waals surface area contributed by atoms with E-state index >= 15 is 0 Å². The van der Waals surface area contributed by atoms with Gasteiger partial charge in [-0.1, -0.05) is 0 Å². The van der Waals surface area contributed by atoms with Crippen molar-refractivity contribution in [2.45, 2.75) is 0 Å². The Morgan fingerprint density at radius 1 is 0.630 bits per heavy atom. The Bertz CT molecular complexity index is 1010. The topological polar surface area (TPSA) is 77.3 Å². The van der Waals surface area contributed by atoms with Gasteiger partial charge in [0.2, 0.25) is 0 Å². The maximum absolute atomic E-state index is 4.05. The normalized spacial score (nSPS) is 10.2. The first-order valence-corrected chi connectivity index (χ1v) is 10.5. The first-order valence-electron chi connectivity index (χ1n) is 7.82. The van der Waals surface area contributed by atoms with E-state index in [0.29, 0.717) is 0 Å². The average Bonchev–Trinajstić information content (AvgIpc) is 3.48. The lowest BCUT2D eigenvalue weighted by Gasteiger charge is -1.81. The summed E-state index contributed by atoms with van der Waals surface area (Å²) in [6.07, 6.45) is 8.64. The van der Waals surface area contributed by atoms with Crippen LogP contribution in [0.4, 0.5) is 0 Å². The summed E-state index contributed by atoms with van der Waals surface area (Å²) in [6.45, 7) is 0. The van der Waals surface area contributed by atoms with Gasteiger partial charge in [0.25, 0.3) is 0 Å².